The first kappa shape index (κ1) is 13.2. The molecule has 0 aliphatic carbocycles. The highest BCUT2D eigenvalue weighted by molar-refractivity contribution is 7.54. The largest absolute Gasteiger partial charge is 0.509 e. The molecule has 0 bridgehead atoms. The third-order valence-corrected chi connectivity index (χ3v) is 3.69. The summed E-state index contributed by atoms with van der Waals surface area (Å²) in [6.07, 6.45) is -0.323. The standard InChI is InChI=1S/C14H12NO3P/c1-15-12-19(16,17-13-8-4-2-5-9-13)18-14-10-6-3-7-11-14/h2-11H,12H2. The van der Waals surface area contributed by atoms with E-state index in [1.807, 2.05) is 12.1 Å². The maximum absolute atomic E-state index is 12.5. The molecule has 0 atom stereocenters. The lowest BCUT2D eigenvalue weighted by Gasteiger charge is -2.15. The lowest BCUT2D eigenvalue weighted by Crippen LogP contribution is -2.03. The summed E-state index contributed by atoms with van der Waals surface area (Å²) in [5.41, 5.74) is 0. The van der Waals surface area contributed by atoms with Crippen LogP contribution in [0.15, 0.2) is 60.7 Å². The van der Waals surface area contributed by atoms with Gasteiger partial charge in [0.15, 0.2) is 0 Å². The number of hydrogen-bond acceptors (Lipinski definition) is 3. The molecule has 19 heavy (non-hydrogen) atoms. The molecule has 0 aromatic heterocycles. The van der Waals surface area contributed by atoms with E-state index in [0.717, 1.165) is 0 Å². The van der Waals surface area contributed by atoms with Crippen molar-refractivity contribution in [2.75, 3.05) is 6.29 Å². The maximum Gasteiger partial charge on any atom is 0.509 e. The molecule has 0 unspecified atom stereocenters. The zero-order chi connectivity index (χ0) is 13.6. The van der Waals surface area contributed by atoms with Crippen LogP contribution in [0.1, 0.15) is 0 Å². The third-order valence-electron chi connectivity index (χ3n) is 2.22. The minimum atomic E-state index is -3.52. The SMILES string of the molecule is [C-]#[N+]CP(=O)(Oc1ccccc1)Oc1ccccc1. The van der Waals surface area contributed by atoms with Crippen LogP contribution in [-0.4, -0.2) is 6.29 Å². The van der Waals surface area contributed by atoms with Gasteiger partial charge in [-0.1, -0.05) is 36.4 Å². The van der Waals surface area contributed by atoms with E-state index in [-0.39, 0.29) is 6.29 Å². The molecule has 4 nitrogen and oxygen atoms in total. The van der Waals surface area contributed by atoms with Crippen molar-refractivity contribution >= 4 is 7.60 Å². The molecule has 0 heterocycles. The van der Waals surface area contributed by atoms with Gasteiger partial charge in [-0.05, 0) is 24.3 Å². The Bertz CT molecular complexity index is 562. The molecule has 2 rings (SSSR count). The number of nitrogens with zero attached hydrogens (tertiary/aromatic N) is 1. The molecule has 0 radical (unpaired) electrons. The van der Waals surface area contributed by atoms with Gasteiger partial charge in [0, 0.05) is 0 Å². The van der Waals surface area contributed by atoms with Gasteiger partial charge in [-0.15, -0.1) is 0 Å². The third kappa shape index (κ3) is 3.87. The quantitative estimate of drug-likeness (QED) is 0.605. The average Bonchev–Trinajstić information content (AvgIpc) is 2.41. The van der Waals surface area contributed by atoms with Crippen LogP contribution in [0.25, 0.3) is 4.85 Å². The van der Waals surface area contributed by atoms with Gasteiger partial charge in [-0.3, -0.25) is 0 Å². The number of rotatable bonds is 5. The first-order valence-electron chi connectivity index (χ1n) is 5.63. The topological polar surface area (TPSA) is 39.9 Å². The minimum Gasteiger partial charge on any atom is -0.411 e. The van der Waals surface area contributed by atoms with E-state index in [4.69, 9.17) is 15.6 Å². The molecular weight excluding hydrogens is 261 g/mol. The highest BCUT2D eigenvalue weighted by Crippen LogP contribution is 2.48. The molecule has 96 valence electrons. The van der Waals surface area contributed by atoms with E-state index in [1.165, 1.54) is 0 Å². The summed E-state index contributed by atoms with van der Waals surface area (Å²) in [7, 11) is -3.52. The zero-order valence-electron chi connectivity index (χ0n) is 10.1. The van der Waals surface area contributed by atoms with Gasteiger partial charge in [0.05, 0.1) is 0 Å². The second-order valence-electron chi connectivity index (χ2n) is 3.72. The van der Waals surface area contributed by atoms with E-state index in [0.29, 0.717) is 11.5 Å². The van der Waals surface area contributed by atoms with Crippen molar-refractivity contribution < 1.29 is 13.6 Å². The maximum atomic E-state index is 12.5. The highest BCUT2D eigenvalue weighted by atomic mass is 31.2. The van der Waals surface area contributed by atoms with Crippen molar-refractivity contribution in [3.8, 4) is 11.5 Å². The number of benzene rings is 2. The van der Waals surface area contributed by atoms with Crippen LogP contribution in [0.3, 0.4) is 0 Å². The van der Waals surface area contributed by atoms with Crippen LogP contribution < -0.4 is 9.05 Å². The molecule has 0 aliphatic heterocycles. The van der Waals surface area contributed by atoms with Crippen LogP contribution in [0, 0.1) is 6.57 Å². The van der Waals surface area contributed by atoms with E-state index in [9.17, 15) is 4.57 Å². The summed E-state index contributed by atoms with van der Waals surface area (Å²) in [6, 6.07) is 17.4. The van der Waals surface area contributed by atoms with Crippen LogP contribution in [0.5, 0.6) is 11.5 Å². The fourth-order valence-electron chi connectivity index (χ4n) is 1.45. The molecule has 0 fully saturated rings. The number of hydrogen-bond donors (Lipinski definition) is 0. The average molecular weight is 273 g/mol. The van der Waals surface area contributed by atoms with Gasteiger partial charge >= 0.3 is 13.9 Å². The zero-order valence-corrected chi connectivity index (χ0v) is 11.0. The first-order chi connectivity index (χ1) is 9.22. The van der Waals surface area contributed by atoms with E-state index < -0.39 is 7.60 Å². The molecule has 2 aromatic carbocycles. The Morgan fingerprint density at radius 2 is 1.32 bits per heavy atom. The highest BCUT2D eigenvalue weighted by Gasteiger charge is 2.32. The predicted octanol–water partition coefficient (Wildman–Crippen LogP) is 4.21. The Hall–Kier alpha value is -2.24. The summed E-state index contributed by atoms with van der Waals surface area (Å²) in [5.74, 6) is 0.843. The molecular formula is C14H12NO3P. The molecule has 0 spiro atoms. The summed E-state index contributed by atoms with van der Waals surface area (Å²) in [5, 5.41) is 0. The second-order valence-corrected chi connectivity index (χ2v) is 5.59. The van der Waals surface area contributed by atoms with Crippen molar-refractivity contribution in [2.24, 2.45) is 0 Å². The molecule has 0 saturated carbocycles. The Morgan fingerprint density at radius 1 is 0.895 bits per heavy atom. The normalized spacial score (nSPS) is 10.5. The molecule has 5 heteroatoms. The van der Waals surface area contributed by atoms with E-state index in [1.54, 1.807) is 48.5 Å². The van der Waals surface area contributed by atoms with Crippen LogP contribution in [-0.2, 0) is 4.57 Å². The van der Waals surface area contributed by atoms with Gasteiger partial charge in [0.1, 0.15) is 11.5 Å². The Labute approximate surface area is 112 Å². The summed E-state index contributed by atoms with van der Waals surface area (Å²) < 4.78 is 23.2. The molecule has 0 saturated heterocycles. The van der Waals surface area contributed by atoms with Gasteiger partial charge in [-0.25, -0.2) is 11.1 Å². The number of para-hydroxylation sites is 2. The van der Waals surface area contributed by atoms with Crippen LogP contribution in [0.4, 0.5) is 0 Å². The fourth-order valence-corrected chi connectivity index (χ4v) is 2.66. The first-order valence-corrected chi connectivity index (χ1v) is 7.36. The molecule has 0 aliphatic rings. The molecule has 0 amide bonds. The summed E-state index contributed by atoms with van der Waals surface area (Å²) in [6.45, 7) is 6.88. The van der Waals surface area contributed by atoms with Gasteiger partial charge in [-0.2, -0.15) is 0 Å². The molecule has 2 aromatic rings. The van der Waals surface area contributed by atoms with Crippen molar-refractivity contribution in [1.29, 1.82) is 0 Å². The van der Waals surface area contributed by atoms with Gasteiger partial charge in [0.2, 0.25) is 0 Å². The van der Waals surface area contributed by atoms with E-state index in [2.05, 4.69) is 4.85 Å². The summed E-state index contributed by atoms with van der Waals surface area (Å²) in [4.78, 5) is 3.14. The Balaban J connectivity index is 2.19. The Kier molecular flexibility index (Phi) is 4.22. The predicted molar refractivity (Wildman–Crippen MR) is 73.2 cm³/mol. The smallest absolute Gasteiger partial charge is 0.411 e. The van der Waals surface area contributed by atoms with Crippen LogP contribution >= 0.6 is 7.60 Å². The second kappa shape index (κ2) is 6.08. The van der Waals surface area contributed by atoms with Gasteiger partial charge in [0.25, 0.3) is 0 Å². The minimum absolute atomic E-state index is 0.323. The van der Waals surface area contributed by atoms with E-state index >= 15 is 0 Å². The summed E-state index contributed by atoms with van der Waals surface area (Å²) >= 11 is 0. The van der Waals surface area contributed by atoms with Crippen molar-refractivity contribution in [3.05, 3.63) is 72.1 Å². The van der Waals surface area contributed by atoms with Gasteiger partial charge < -0.3 is 13.9 Å². The van der Waals surface area contributed by atoms with Crippen molar-refractivity contribution in [1.82, 2.24) is 0 Å². The lowest BCUT2D eigenvalue weighted by molar-refractivity contribution is 0.389. The lowest BCUT2D eigenvalue weighted by atomic mass is 10.3. The monoisotopic (exact) mass is 273 g/mol. The molecule has 0 N–H and O–H groups in total. The van der Waals surface area contributed by atoms with Crippen molar-refractivity contribution in [3.63, 3.8) is 0 Å². The van der Waals surface area contributed by atoms with Crippen molar-refractivity contribution in [2.45, 2.75) is 0 Å². The fraction of sp³-hybridized carbons (Fsp3) is 0.0714. The van der Waals surface area contributed by atoms with Crippen LogP contribution in [0.2, 0.25) is 0 Å². The Morgan fingerprint density at radius 3 is 1.68 bits per heavy atom.